The molecule has 0 fully saturated rings. The van der Waals surface area contributed by atoms with Gasteiger partial charge in [0.25, 0.3) is 11.8 Å². The molecule has 5 nitrogen and oxygen atoms in total. The molecule has 6 heteroatoms. The van der Waals surface area contributed by atoms with E-state index in [0.717, 1.165) is 16.7 Å². The molecule has 0 unspecified atom stereocenters. The van der Waals surface area contributed by atoms with Crippen molar-refractivity contribution >= 4 is 29.1 Å². The van der Waals surface area contributed by atoms with Crippen molar-refractivity contribution in [2.45, 2.75) is 33.8 Å². The van der Waals surface area contributed by atoms with E-state index >= 15 is 0 Å². The lowest BCUT2D eigenvalue weighted by Gasteiger charge is -2.16. The van der Waals surface area contributed by atoms with Gasteiger partial charge in [-0.15, -0.1) is 11.8 Å². The zero-order valence-corrected chi connectivity index (χ0v) is 16.0. The van der Waals surface area contributed by atoms with Gasteiger partial charge in [0.15, 0.2) is 0 Å². The van der Waals surface area contributed by atoms with Crippen LogP contribution in [-0.2, 0) is 14.3 Å². The fraction of sp³-hybridized carbons (Fsp3) is 0.474. The molecular formula is C19H25NO4S. The molecule has 0 saturated carbocycles. The van der Waals surface area contributed by atoms with Gasteiger partial charge in [0.05, 0.1) is 36.3 Å². The molecule has 2 amide bonds. The van der Waals surface area contributed by atoms with E-state index in [1.54, 1.807) is 0 Å². The number of nitrogens with zero attached hydrogens (tertiary/aromatic N) is 1. The van der Waals surface area contributed by atoms with E-state index in [1.807, 2.05) is 45.9 Å². The molecule has 1 aliphatic rings. The van der Waals surface area contributed by atoms with Crippen LogP contribution in [0.15, 0.2) is 23.1 Å². The van der Waals surface area contributed by atoms with Crippen LogP contribution in [0.3, 0.4) is 0 Å². The minimum Gasteiger partial charge on any atom is -0.396 e. The number of aliphatic hydroxyl groups is 1. The van der Waals surface area contributed by atoms with Crippen LogP contribution < -0.4 is 0 Å². The minimum atomic E-state index is -0.300. The van der Waals surface area contributed by atoms with Crippen molar-refractivity contribution in [3.8, 4) is 0 Å². The fourth-order valence-corrected chi connectivity index (χ4v) is 3.62. The van der Waals surface area contributed by atoms with E-state index in [1.165, 1.54) is 16.7 Å². The molecule has 1 aromatic rings. The number of imide groups is 1. The predicted octanol–water partition coefficient (Wildman–Crippen LogP) is 2.53. The first-order valence-corrected chi connectivity index (χ1v) is 9.38. The highest BCUT2D eigenvalue weighted by atomic mass is 32.2. The van der Waals surface area contributed by atoms with Gasteiger partial charge < -0.3 is 9.84 Å². The summed E-state index contributed by atoms with van der Waals surface area (Å²) < 4.78 is 5.49. The third kappa shape index (κ3) is 4.51. The number of aryl methyl sites for hydroxylation is 2. The Balaban J connectivity index is 2.35. The van der Waals surface area contributed by atoms with Crippen molar-refractivity contribution in [2.75, 3.05) is 25.5 Å². The average Bonchev–Trinajstić information content (AvgIpc) is 2.77. The summed E-state index contributed by atoms with van der Waals surface area (Å²) in [5, 5.41) is 9.12. The number of aliphatic hydroxyl groups excluding tert-OH is 1. The average molecular weight is 363 g/mol. The number of amides is 2. The highest BCUT2D eigenvalue weighted by Crippen LogP contribution is 2.37. The molecule has 2 rings (SSSR count). The summed E-state index contributed by atoms with van der Waals surface area (Å²) in [7, 11) is 0. The van der Waals surface area contributed by atoms with E-state index in [9.17, 15) is 9.59 Å². The van der Waals surface area contributed by atoms with Crippen molar-refractivity contribution in [3.63, 3.8) is 0 Å². The maximum absolute atomic E-state index is 12.9. The molecule has 0 radical (unpaired) electrons. The van der Waals surface area contributed by atoms with Gasteiger partial charge in [-0.1, -0.05) is 23.8 Å². The van der Waals surface area contributed by atoms with Gasteiger partial charge in [-0.3, -0.25) is 14.5 Å². The zero-order valence-electron chi connectivity index (χ0n) is 15.2. The summed E-state index contributed by atoms with van der Waals surface area (Å²) in [5.41, 5.74) is 3.27. The molecule has 0 bridgehead atoms. The summed E-state index contributed by atoms with van der Waals surface area (Å²) in [6, 6.07) is 5.82. The van der Waals surface area contributed by atoms with Gasteiger partial charge >= 0.3 is 0 Å². The molecule has 136 valence electrons. The van der Waals surface area contributed by atoms with E-state index in [0.29, 0.717) is 22.8 Å². The Hall–Kier alpha value is -1.63. The number of hydrogen-bond donors (Lipinski definition) is 1. The number of ether oxygens (including phenoxy) is 1. The number of carbonyl (C=O) groups excluding carboxylic acids is 2. The molecule has 1 heterocycles. The molecular weight excluding hydrogens is 338 g/mol. The van der Waals surface area contributed by atoms with Crippen LogP contribution in [0.25, 0.3) is 5.57 Å². The molecule has 25 heavy (non-hydrogen) atoms. The SMILES string of the molecule is Cc1ccc(C2=C(SCCO)C(=O)N(CCOC(C)C)C2=O)c(C)c1. The minimum absolute atomic E-state index is 0.0443. The lowest BCUT2D eigenvalue weighted by molar-refractivity contribution is -0.137. The number of carbonyl (C=O) groups is 2. The summed E-state index contributed by atoms with van der Waals surface area (Å²) in [6.45, 7) is 8.24. The Kier molecular flexibility index (Phi) is 6.81. The molecule has 1 aromatic carbocycles. The Bertz CT molecular complexity index is 697. The van der Waals surface area contributed by atoms with Crippen LogP contribution in [0.5, 0.6) is 0 Å². The van der Waals surface area contributed by atoms with Gasteiger partial charge in [0, 0.05) is 5.75 Å². The van der Waals surface area contributed by atoms with Crippen LogP contribution in [-0.4, -0.2) is 53.4 Å². The van der Waals surface area contributed by atoms with E-state index in [-0.39, 0.29) is 31.1 Å². The highest BCUT2D eigenvalue weighted by Gasteiger charge is 2.39. The fourth-order valence-electron chi connectivity index (χ4n) is 2.75. The largest absolute Gasteiger partial charge is 0.396 e. The van der Waals surface area contributed by atoms with E-state index < -0.39 is 0 Å². The summed E-state index contributed by atoms with van der Waals surface area (Å²) >= 11 is 1.23. The zero-order chi connectivity index (χ0) is 18.6. The Morgan fingerprint density at radius 1 is 1.20 bits per heavy atom. The van der Waals surface area contributed by atoms with Crippen molar-refractivity contribution in [3.05, 3.63) is 39.8 Å². The summed E-state index contributed by atoms with van der Waals surface area (Å²) in [5.74, 6) is -0.213. The molecule has 0 aliphatic carbocycles. The van der Waals surface area contributed by atoms with Crippen molar-refractivity contribution in [1.29, 1.82) is 0 Å². The Labute approximate surface area is 153 Å². The first-order chi connectivity index (χ1) is 11.9. The van der Waals surface area contributed by atoms with Gasteiger partial charge in [-0.05, 0) is 38.8 Å². The van der Waals surface area contributed by atoms with Gasteiger partial charge in [0.1, 0.15) is 0 Å². The second-order valence-corrected chi connectivity index (χ2v) is 7.38. The third-order valence-electron chi connectivity index (χ3n) is 3.88. The number of hydrogen-bond acceptors (Lipinski definition) is 5. The van der Waals surface area contributed by atoms with Gasteiger partial charge in [-0.25, -0.2) is 0 Å². The maximum Gasteiger partial charge on any atom is 0.268 e. The van der Waals surface area contributed by atoms with Crippen molar-refractivity contribution < 1.29 is 19.4 Å². The summed E-state index contributed by atoms with van der Waals surface area (Å²) in [4.78, 5) is 27.3. The normalized spacial score (nSPS) is 15.0. The van der Waals surface area contributed by atoms with Crippen LogP contribution in [0.4, 0.5) is 0 Å². The Morgan fingerprint density at radius 2 is 1.92 bits per heavy atom. The predicted molar refractivity (Wildman–Crippen MR) is 100 cm³/mol. The second-order valence-electron chi connectivity index (χ2n) is 6.28. The van der Waals surface area contributed by atoms with Crippen LogP contribution in [0.1, 0.15) is 30.5 Å². The number of rotatable bonds is 8. The van der Waals surface area contributed by atoms with Gasteiger partial charge in [0.2, 0.25) is 0 Å². The van der Waals surface area contributed by atoms with Crippen LogP contribution >= 0.6 is 11.8 Å². The van der Waals surface area contributed by atoms with Crippen LogP contribution in [0, 0.1) is 13.8 Å². The quantitative estimate of drug-likeness (QED) is 0.719. The highest BCUT2D eigenvalue weighted by molar-refractivity contribution is 8.04. The third-order valence-corrected chi connectivity index (χ3v) is 4.93. The topological polar surface area (TPSA) is 66.8 Å². The first-order valence-electron chi connectivity index (χ1n) is 8.40. The van der Waals surface area contributed by atoms with Gasteiger partial charge in [-0.2, -0.15) is 0 Å². The molecule has 1 aliphatic heterocycles. The summed E-state index contributed by atoms with van der Waals surface area (Å²) in [6.07, 6.45) is 0.0443. The van der Waals surface area contributed by atoms with Crippen molar-refractivity contribution in [2.24, 2.45) is 0 Å². The smallest absolute Gasteiger partial charge is 0.268 e. The molecule has 0 saturated heterocycles. The molecule has 0 atom stereocenters. The molecule has 0 spiro atoms. The van der Waals surface area contributed by atoms with Crippen LogP contribution in [0.2, 0.25) is 0 Å². The van der Waals surface area contributed by atoms with E-state index in [2.05, 4.69) is 0 Å². The first kappa shape index (κ1) is 19.7. The number of thioether (sulfide) groups is 1. The monoisotopic (exact) mass is 363 g/mol. The molecule has 1 N–H and O–H groups in total. The van der Waals surface area contributed by atoms with E-state index in [4.69, 9.17) is 9.84 Å². The number of benzene rings is 1. The van der Waals surface area contributed by atoms with Crippen molar-refractivity contribution in [1.82, 2.24) is 4.90 Å². The lowest BCUT2D eigenvalue weighted by atomic mass is 9.99. The lowest BCUT2D eigenvalue weighted by Crippen LogP contribution is -2.35. The standard InChI is InChI=1S/C19H25NO4S/c1-12(2)24-9-7-20-18(22)16(17(19(20)23)25-10-8-21)15-6-5-13(3)11-14(15)4/h5-6,11-12,21H,7-10H2,1-4H3. The molecule has 0 aromatic heterocycles. The maximum atomic E-state index is 12.9. The second kappa shape index (κ2) is 8.65. The Morgan fingerprint density at radius 3 is 2.52 bits per heavy atom.